The number of rotatable bonds is 6. The molecule has 0 aliphatic carbocycles. The van der Waals surface area contributed by atoms with Crippen molar-refractivity contribution in [3.63, 3.8) is 0 Å². The van der Waals surface area contributed by atoms with E-state index in [9.17, 15) is 34.4 Å². The van der Waals surface area contributed by atoms with Crippen molar-refractivity contribution in [2.75, 3.05) is 0 Å². The first-order valence-corrected chi connectivity index (χ1v) is 13.5. The van der Waals surface area contributed by atoms with Crippen LogP contribution >= 0.6 is 0 Å². The number of benzene rings is 3. The van der Waals surface area contributed by atoms with Crippen LogP contribution in [0, 0.1) is 0 Å². The van der Waals surface area contributed by atoms with Crippen LogP contribution in [0.2, 0.25) is 0 Å². The van der Waals surface area contributed by atoms with Crippen LogP contribution in [0.3, 0.4) is 0 Å². The van der Waals surface area contributed by atoms with Gasteiger partial charge in [0.25, 0.3) is 0 Å². The minimum absolute atomic E-state index is 0.0494. The van der Waals surface area contributed by atoms with Crippen LogP contribution in [0.25, 0.3) is 0 Å². The Kier molecular flexibility index (Phi) is 5.95. The molecule has 0 saturated carbocycles. The van der Waals surface area contributed by atoms with Gasteiger partial charge in [0.15, 0.2) is 20.4 Å². The smallest absolute Gasteiger partial charge is 0.377 e. The van der Waals surface area contributed by atoms with Gasteiger partial charge in [-0.05, 0) is 30.3 Å². The van der Waals surface area contributed by atoms with E-state index >= 15 is 0 Å². The topological polar surface area (TPSA) is 97.7 Å². The monoisotopic (exact) mass is 535 g/mol. The second-order valence-electron chi connectivity index (χ2n) is 7.18. The maximum atomic E-state index is 14.2. The van der Waals surface area contributed by atoms with Gasteiger partial charge >= 0.3 is 30.7 Å². The third kappa shape index (κ3) is 3.85. The van der Waals surface area contributed by atoms with Crippen molar-refractivity contribution >= 4 is 31.1 Å². The SMILES string of the molecule is O=S(=O)(O)C(F)(F)C(F)(F)S(=O)(=O)Oc1cccc2c1Cc1ccccc1[S+]2c1ccccc1. The van der Waals surface area contributed by atoms with Gasteiger partial charge in [-0.3, -0.25) is 4.55 Å². The Hall–Kier alpha value is -2.61. The normalized spacial score (nSPS) is 16.4. The molecule has 1 aliphatic rings. The van der Waals surface area contributed by atoms with Crippen molar-refractivity contribution in [3.8, 4) is 5.75 Å². The second kappa shape index (κ2) is 8.26. The molecule has 0 amide bonds. The van der Waals surface area contributed by atoms with E-state index < -0.39 is 47.4 Å². The van der Waals surface area contributed by atoms with Crippen molar-refractivity contribution in [1.29, 1.82) is 0 Å². The first kappa shape index (κ1) is 24.5. The highest BCUT2D eigenvalue weighted by Crippen LogP contribution is 2.46. The average Bonchev–Trinajstić information content (AvgIpc) is 2.77. The van der Waals surface area contributed by atoms with E-state index in [0.29, 0.717) is 4.90 Å². The summed E-state index contributed by atoms with van der Waals surface area (Å²) in [6.07, 6.45) is 0.0494. The Bertz CT molecular complexity index is 1460. The molecular weight excluding hydrogens is 520 g/mol. The van der Waals surface area contributed by atoms with Crippen molar-refractivity contribution in [2.24, 2.45) is 0 Å². The van der Waals surface area contributed by atoms with Crippen LogP contribution in [0.5, 0.6) is 5.75 Å². The van der Waals surface area contributed by atoms with Gasteiger partial charge in [0.1, 0.15) is 10.9 Å². The lowest BCUT2D eigenvalue weighted by molar-refractivity contribution is -0.105. The predicted octanol–water partition coefficient (Wildman–Crippen LogP) is 4.47. The van der Waals surface area contributed by atoms with Crippen molar-refractivity contribution < 1.29 is 43.1 Å². The van der Waals surface area contributed by atoms with Gasteiger partial charge in [-0.2, -0.15) is 34.4 Å². The summed E-state index contributed by atoms with van der Waals surface area (Å²) < 4.78 is 115. The van der Waals surface area contributed by atoms with Crippen LogP contribution in [0.4, 0.5) is 17.6 Å². The van der Waals surface area contributed by atoms with Gasteiger partial charge in [0, 0.05) is 12.0 Å². The molecule has 1 aliphatic heterocycles. The molecule has 1 atom stereocenters. The van der Waals surface area contributed by atoms with Crippen LogP contribution in [0.1, 0.15) is 11.1 Å². The summed E-state index contributed by atoms with van der Waals surface area (Å²) in [7, 11) is -14.1. The van der Waals surface area contributed by atoms with Gasteiger partial charge < -0.3 is 4.18 Å². The minimum atomic E-state index is -6.78. The van der Waals surface area contributed by atoms with Gasteiger partial charge in [0.2, 0.25) is 0 Å². The fourth-order valence-corrected chi connectivity index (χ4v) is 7.56. The third-order valence-electron chi connectivity index (χ3n) is 5.02. The Labute approximate surface area is 195 Å². The van der Waals surface area contributed by atoms with E-state index in [-0.39, 0.29) is 12.0 Å². The predicted molar refractivity (Wildman–Crippen MR) is 115 cm³/mol. The second-order valence-corrected chi connectivity index (χ2v) is 12.2. The Balaban J connectivity index is 1.84. The fraction of sp³-hybridized carbons (Fsp3) is 0.143. The van der Waals surface area contributed by atoms with E-state index in [1.165, 1.54) is 6.07 Å². The molecule has 4 rings (SSSR count). The first-order valence-electron chi connectivity index (χ1n) is 9.44. The van der Waals surface area contributed by atoms with Gasteiger partial charge in [0.05, 0.1) is 5.56 Å². The molecule has 180 valence electrons. The molecule has 0 saturated heterocycles. The van der Waals surface area contributed by atoms with E-state index in [1.54, 1.807) is 36.4 Å². The molecule has 0 bridgehead atoms. The van der Waals surface area contributed by atoms with Crippen LogP contribution in [-0.4, -0.2) is 31.9 Å². The zero-order valence-electron chi connectivity index (χ0n) is 16.9. The van der Waals surface area contributed by atoms with Gasteiger partial charge in [-0.1, -0.05) is 42.5 Å². The molecule has 0 aromatic heterocycles. The van der Waals surface area contributed by atoms with Crippen molar-refractivity contribution in [1.82, 2.24) is 0 Å². The van der Waals surface area contributed by atoms with Crippen LogP contribution < -0.4 is 4.18 Å². The Morgan fingerprint density at radius 2 is 1.35 bits per heavy atom. The first-order chi connectivity index (χ1) is 15.8. The third-order valence-corrected chi connectivity index (χ3v) is 9.75. The molecule has 13 heteroatoms. The molecule has 3 aromatic rings. The zero-order chi connectivity index (χ0) is 24.9. The average molecular weight is 536 g/mol. The number of halogens is 4. The molecule has 0 spiro atoms. The van der Waals surface area contributed by atoms with Gasteiger partial charge in [-0.25, -0.2) is 0 Å². The molecular formula is C21H15F4O6S3+. The molecule has 1 N–H and O–H groups in total. The van der Waals surface area contributed by atoms with Crippen LogP contribution in [0.15, 0.2) is 87.5 Å². The van der Waals surface area contributed by atoms with E-state index in [0.717, 1.165) is 21.4 Å². The zero-order valence-corrected chi connectivity index (χ0v) is 19.3. The summed E-state index contributed by atoms with van der Waals surface area (Å²) in [5.41, 5.74) is 0.911. The Morgan fingerprint density at radius 3 is 2.00 bits per heavy atom. The molecule has 6 nitrogen and oxygen atoms in total. The summed E-state index contributed by atoms with van der Waals surface area (Å²) in [5.74, 6) is -0.647. The molecule has 3 aromatic carbocycles. The molecule has 0 radical (unpaired) electrons. The van der Waals surface area contributed by atoms with Crippen molar-refractivity contribution in [2.45, 2.75) is 31.6 Å². The lowest BCUT2D eigenvalue weighted by Crippen LogP contribution is -2.53. The maximum absolute atomic E-state index is 14.2. The summed E-state index contributed by atoms with van der Waals surface area (Å²) in [6, 6.07) is 20.2. The fourth-order valence-electron chi connectivity index (χ4n) is 3.42. The lowest BCUT2D eigenvalue weighted by atomic mass is 10.0. The number of hydrogen-bond donors (Lipinski definition) is 1. The van der Waals surface area contributed by atoms with E-state index in [2.05, 4.69) is 4.18 Å². The number of fused-ring (bicyclic) bond motifs is 2. The summed E-state index contributed by atoms with van der Waals surface area (Å²) in [5, 5.41) is -12.6. The number of hydrogen-bond acceptors (Lipinski definition) is 5. The van der Waals surface area contributed by atoms with E-state index in [1.807, 2.05) is 24.3 Å². The highest BCUT2D eigenvalue weighted by Gasteiger charge is 2.75. The molecule has 0 fully saturated rings. The summed E-state index contributed by atoms with van der Waals surface area (Å²) in [4.78, 5) is 2.27. The molecule has 34 heavy (non-hydrogen) atoms. The largest absolute Gasteiger partial charge is 0.460 e. The summed E-state index contributed by atoms with van der Waals surface area (Å²) in [6.45, 7) is 0. The lowest BCUT2D eigenvalue weighted by Gasteiger charge is -2.25. The summed E-state index contributed by atoms with van der Waals surface area (Å²) >= 11 is 0. The highest BCUT2D eigenvalue weighted by atomic mass is 32.2. The quantitative estimate of drug-likeness (QED) is 0.169. The minimum Gasteiger partial charge on any atom is -0.377 e. The van der Waals surface area contributed by atoms with Crippen LogP contribution in [-0.2, 0) is 37.6 Å². The van der Waals surface area contributed by atoms with Crippen molar-refractivity contribution in [3.05, 3.63) is 83.9 Å². The molecule has 1 heterocycles. The number of alkyl halides is 4. The standard InChI is InChI=1S/C21H14F4O6S3/c22-20(23,33(26,27)28)21(24,25)34(29,30)31-17-10-6-12-19-16(17)13-14-7-4-5-11-18(14)32(19)15-8-2-1-3-9-15/h1-12H,13H2/p+1. The van der Waals surface area contributed by atoms with E-state index in [4.69, 9.17) is 4.55 Å². The van der Waals surface area contributed by atoms with Gasteiger partial charge in [-0.15, -0.1) is 0 Å². The highest BCUT2D eigenvalue weighted by molar-refractivity contribution is 7.97. The molecule has 1 unspecified atom stereocenters. The maximum Gasteiger partial charge on any atom is 0.460 e. The Morgan fingerprint density at radius 1 is 0.765 bits per heavy atom.